The molecule has 0 aromatic carbocycles. The van der Waals surface area contributed by atoms with Gasteiger partial charge in [-0.15, -0.1) is 0 Å². The summed E-state index contributed by atoms with van der Waals surface area (Å²) in [5.74, 6) is 0.153. The van der Waals surface area contributed by atoms with Crippen LogP contribution in [-0.2, 0) is 4.74 Å². The van der Waals surface area contributed by atoms with E-state index in [1.165, 1.54) is 17.2 Å². The van der Waals surface area contributed by atoms with Crippen LogP contribution in [0.5, 0.6) is 0 Å². The molecule has 0 radical (unpaired) electrons. The molecule has 2 aromatic rings. The van der Waals surface area contributed by atoms with Crippen LogP contribution in [0.2, 0.25) is 0 Å². The Balaban J connectivity index is 2.06. The number of nitrogens with zero attached hydrogens (tertiary/aromatic N) is 4. The molecule has 1 aliphatic heterocycles. The van der Waals surface area contributed by atoms with Gasteiger partial charge >= 0.3 is 0 Å². The number of ether oxygens (including phenoxy) is 1. The molecule has 0 unspecified atom stereocenters. The van der Waals surface area contributed by atoms with E-state index in [1.54, 1.807) is 0 Å². The van der Waals surface area contributed by atoms with Crippen molar-refractivity contribution in [2.75, 3.05) is 18.9 Å². The molecule has 6 N–H and O–H groups in total. The van der Waals surface area contributed by atoms with E-state index < -0.39 is 30.7 Å². The number of nitrogens with two attached hydrogens (primary N) is 2. The van der Waals surface area contributed by atoms with Gasteiger partial charge in [0.15, 0.2) is 23.9 Å². The first-order chi connectivity index (χ1) is 10.0. The predicted octanol–water partition coefficient (Wildman–Crippen LogP) is -1.67. The van der Waals surface area contributed by atoms with Crippen LogP contribution >= 0.6 is 0 Å². The Morgan fingerprint density at radius 1 is 1.43 bits per heavy atom. The molecule has 0 saturated carbocycles. The van der Waals surface area contributed by atoms with Crippen molar-refractivity contribution < 1.29 is 19.3 Å². The molecule has 21 heavy (non-hydrogen) atoms. The number of rotatable bonds is 3. The third-order valence-corrected chi connectivity index (χ3v) is 3.74. The van der Waals surface area contributed by atoms with E-state index in [0.717, 1.165) is 0 Å². The number of fused-ring (bicyclic) bond motifs is 1. The van der Waals surface area contributed by atoms with Gasteiger partial charge in [0.05, 0.1) is 12.9 Å². The average molecular weight is 298 g/mol. The van der Waals surface area contributed by atoms with Gasteiger partial charge in [0.1, 0.15) is 23.5 Å². The molecule has 4 atom stereocenters. The van der Waals surface area contributed by atoms with Crippen LogP contribution in [0.15, 0.2) is 12.7 Å². The van der Waals surface area contributed by atoms with Crippen molar-refractivity contribution in [3.8, 4) is 0 Å². The number of nitrogen functional groups attached to an aromatic ring is 1. The highest BCUT2D eigenvalue weighted by atomic mass is 19.1. The second kappa shape index (κ2) is 4.84. The largest absolute Gasteiger partial charge is 0.393 e. The van der Waals surface area contributed by atoms with Gasteiger partial charge < -0.3 is 26.4 Å². The molecule has 9 nitrogen and oxygen atoms in total. The van der Waals surface area contributed by atoms with Crippen LogP contribution in [0, 0.1) is 0 Å². The van der Waals surface area contributed by atoms with Crippen molar-refractivity contribution in [1.29, 1.82) is 0 Å². The Kier molecular flexibility index (Phi) is 3.24. The smallest absolute Gasteiger partial charge is 0.174 e. The molecule has 2 aromatic heterocycles. The SMILES string of the molecule is NC[C@]1(CO)O[C@@H](n2cnc3c(N)ncnc32)[C@H](F)[C@@H]1O. The molecule has 1 fully saturated rings. The van der Waals surface area contributed by atoms with Crippen molar-refractivity contribution >= 4 is 17.0 Å². The zero-order chi connectivity index (χ0) is 15.2. The number of anilines is 1. The van der Waals surface area contributed by atoms with E-state index in [0.29, 0.717) is 5.52 Å². The minimum absolute atomic E-state index is 0.153. The first-order valence-corrected chi connectivity index (χ1v) is 6.28. The van der Waals surface area contributed by atoms with Gasteiger partial charge in [-0.1, -0.05) is 0 Å². The fraction of sp³-hybridized carbons (Fsp3) is 0.545. The molecule has 3 heterocycles. The Morgan fingerprint density at radius 3 is 2.81 bits per heavy atom. The van der Waals surface area contributed by atoms with Gasteiger partial charge in [-0.3, -0.25) is 4.57 Å². The van der Waals surface area contributed by atoms with E-state index in [1.807, 2.05) is 0 Å². The zero-order valence-electron chi connectivity index (χ0n) is 10.9. The maximum Gasteiger partial charge on any atom is 0.174 e. The van der Waals surface area contributed by atoms with Crippen LogP contribution in [-0.4, -0.2) is 60.8 Å². The normalized spacial score (nSPS) is 32.9. The van der Waals surface area contributed by atoms with Crippen LogP contribution < -0.4 is 11.5 Å². The van der Waals surface area contributed by atoms with Gasteiger partial charge in [0.25, 0.3) is 0 Å². The summed E-state index contributed by atoms with van der Waals surface area (Å²) in [6, 6.07) is 0. The third-order valence-electron chi connectivity index (χ3n) is 3.74. The van der Waals surface area contributed by atoms with Crippen LogP contribution in [0.4, 0.5) is 10.2 Å². The highest BCUT2D eigenvalue weighted by Gasteiger charge is 2.55. The third kappa shape index (κ3) is 1.87. The molecule has 0 amide bonds. The van der Waals surface area contributed by atoms with Crippen LogP contribution in [0.25, 0.3) is 11.2 Å². The Morgan fingerprint density at radius 2 is 2.19 bits per heavy atom. The quantitative estimate of drug-likeness (QED) is 0.526. The number of aliphatic hydroxyl groups is 2. The van der Waals surface area contributed by atoms with E-state index in [4.69, 9.17) is 16.2 Å². The topological polar surface area (TPSA) is 145 Å². The number of hydrogen-bond acceptors (Lipinski definition) is 8. The lowest BCUT2D eigenvalue weighted by molar-refractivity contribution is -0.120. The number of aromatic nitrogens is 4. The average Bonchev–Trinajstić information content (AvgIpc) is 3.02. The highest BCUT2D eigenvalue weighted by molar-refractivity contribution is 5.81. The monoisotopic (exact) mass is 298 g/mol. The molecule has 1 saturated heterocycles. The van der Waals surface area contributed by atoms with Crippen molar-refractivity contribution in [3.05, 3.63) is 12.7 Å². The molecular formula is C11H15FN6O3. The van der Waals surface area contributed by atoms with E-state index in [-0.39, 0.29) is 18.0 Å². The summed E-state index contributed by atoms with van der Waals surface area (Å²) in [7, 11) is 0. The molecular weight excluding hydrogens is 283 g/mol. The number of halogens is 1. The Bertz CT molecular complexity index is 660. The van der Waals surface area contributed by atoms with Gasteiger partial charge in [-0.2, -0.15) is 0 Å². The summed E-state index contributed by atoms with van der Waals surface area (Å²) >= 11 is 0. The second-order valence-electron chi connectivity index (χ2n) is 4.91. The van der Waals surface area contributed by atoms with Crippen molar-refractivity contribution in [1.82, 2.24) is 19.5 Å². The highest BCUT2D eigenvalue weighted by Crippen LogP contribution is 2.39. The molecule has 3 rings (SSSR count). The van der Waals surface area contributed by atoms with Crippen molar-refractivity contribution in [3.63, 3.8) is 0 Å². The fourth-order valence-corrected chi connectivity index (χ4v) is 2.45. The Hall–Kier alpha value is -1.88. The van der Waals surface area contributed by atoms with Gasteiger partial charge in [-0.25, -0.2) is 19.3 Å². The molecule has 114 valence electrons. The van der Waals surface area contributed by atoms with Gasteiger partial charge in [-0.05, 0) is 0 Å². The van der Waals surface area contributed by atoms with Crippen LogP contribution in [0.3, 0.4) is 0 Å². The maximum atomic E-state index is 14.4. The summed E-state index contributed by atoms with van der Waals surface area (Å²) in [6.07, 6.45) is -2.06. The zero-order valence-corrected chi connectivity index (χ0v) is 10.9. The standard InChI is InChI=1S/C11H15FN6O3/c12-5-7(20)11(1-13,2-19)21-10(5)18-4-17-6-8(14)15-3-16-9(6)18/h3-5,7,10,19-20H,1-2,13H2,(H2,14,15,16)/t5-,7+,10-,11-/m1/s1. The van der Waals surface area contributed by atoms with E-state index >= 15 is 0 Å². The lowest BCUT2D eigenvalue weighted by atomic mass is 9.97. The fourth-order valence-electron chi connectivity index (χ4n) is 2.45. The maximum absolute atomic E-state index is 14.4. The summed E-state index contributed by atoms with van der Waals surface area (Å²) in [5, 5.41) is 19.3. The minimum atomic E-state index is -1.80. The number of aliphatic hydroxyl groups excluding tert-OH is 2. The lowest BCUT2D eigenvalue weighted by Crippen LogP contribution is -2.51. The molecule has 10 heteroatoms. The summed E-state index contributed by atoms with van der Waals surface area (Å²) in [5.41, 5.74) is 10.2. The summed E-state index contributed by atoms with van der Waals surface area (Å²) < 4.78 is 21.2. The predicted molar refractivity (Wildman–Crippen MR) is 69.6 cm³/mol. The molecule has 0 spiro atoms. The minimum Gasteiger partial charge on any atom is -0.393 e. The molecule has 1 aliphatic rings. The summed E-state index contributed by atoms with van der Waals surface area (Å²) in [6.45, 7) is -0.837. The van der Waals surface area contributed by atoms with E-state index in [9.17, 15) is 14.6 Å². The number of imidazole rings is 1. The van der Waals surface area contributed by atoms with Crippen LogP contribution in [0.1, 0.15) is 6.23 Å². The number of hydrogen-bond donors (Lipinski definition) is 4. The molecule has 0 aliphatic carbocycles. The lowest BCUT2D eigenvalue weighted by Gasteiger charge is -2.27. The first kappa shape index (κ1) is 14.1. The van der Waals surface area contributed by atoms with Gasteiger partial charge in [0.2, 0.25) is 0 Å². The Labute approximate surface area is 118 Å². The number of alkyl halides is 1. The first-order valence-electron chi connectivity index (χ1n) is 6.28. The second-order valence-corrected chi connectivity index (χ2v) is 4.91. The van der Waals surface area contributed by atoms with Gasteiger partial charge in [0, 0.05) is 6.54 Å². The van der Waals surface area contributed by atoms with Crippen molar-refractivity contribution in [2.24, 2.45) is 5.73 Å². The molecule has 0 bridgehead atoms. The summed E-state index contributed by atoms with van der Waals surface area (Å²) in [4.78, 5) is 11.8. The van der Waals surface area contributed by atoms with E-state index in [2.05, 4.69) is 15.0 Å². The van der Waals surface area contributed by atoms with Crippen molar-refractivity contribution in [2.45, 2.75) is 24.1 Å².